The molecule has 96 valence electrons. The SMILES string of the molecule is C=CC(=O)N(CC)CC.C=CN1CCCC1=O. The number of amides is 2. The van der Waals surface area contributed by atoms with Gasteiger partial charge in [-0.2, -0.15) is 0 Å². The zero-order valence-corrected chi connectivity index (χ0v) is 10.8. The highest BCUT2D eigenvalue weighted by Gasteiger charge is 2.15. The van der Waals surface area contributed by atoms with E-state index in [4.69, 9.17) is 0 Å². The third-order valence-corrected chi connectivity index (χ3v) is 2.58. The van der Waals surface area contributed by atoms with Gasteiger partial charge in [0.15, 0.2) is 0 Å². The number of rotatable bonds is 4. The maximum absolute atomic E-state index is 10.8. The molecule has 1 saturated heterocycles. The van der Waals surface area contributed by atoms with Crippen molar-refractivity contribution in [1.82, 2.24) is 9.80 Å². The van der Waals surface area contributed by atoms with E-state index in [0.717, 1.165) is 26.1 Å². The average Bonchev–Trinajstić information content (AvgIpc) is 2.76. The first-order valence-corrected chi connectivity index (χ1v) is 5.94. The molecule has 0 unspecified atom stereocenters. The van der Waals surface area contributed by atoms with E-state index in [1.165, 1.54) is 6.08 Å². The molecule has 0 saturated carbocycles. The van der Waals surface area contributed by atoms with Gasteiger partial charge < -0.3 is 9.80 Å². The van der Waals surface area contributed by atoms with E-state index in [0.29, 0.717) is 6.42 Å². The number of hydrogen-bond donors (Lipinski definition) is 0. The normalized spacial score (nSPS) is 13.8. The first kappa shape index (κ1) is 15.4. The summed E-state index contributed by atoms with van der Waals surface area (Å²) in [6.07, 6.45) is 4.62. The van der Waals surface area contributed by atoms with Crippen molar-refractivity contribution in [1.29, 1.82) is 0 Å². The number of carbonyl (C=O) groups is 2. The van der Waals surface area contributed by atoms with Crippen LogP contribution in [0.25, 0.3) is 0 Å². The van der Waals surface area contributed by atoms with Crippen LogP contribution in [0.3, 0.4) is 0 Å². The molecule has 0 atom stereocenters. The van der Waals surface area contributed by atoms with Gasteiger partial charge in [-0.3, -0.25) is 9.59 Å². The Labute approximate surface area is 104 Å². The molecule has 0 N–H and O–H groups in total. The molecule has 0 aromatic heterocycles. The van der Waals surface area contributed by atoms with Crippen LogP contribution in [-0.2, 0) is 9.59 Å². The molecule has 1 fully saturated rings. The van der Waals surface area contributed by atoms with Crippen LogP contribution in [0.5, 0.6) is 0 Å². The van der Waals surface area contributed by atoms with Crippen molar-refractivity contribution in [3.05, 3.63) is 25.4 Å². The smallest absolute Gasteiger partial charge is 0.245 e. The van der Waals surface area contributed by atoms with Crippen LogP contribution in [0.2, 0.25) is 0 Å². The largest absolute Gasteiger partial charge is 0.340 e. The van der Waals surface area contributed by atoms with Crippen LogP contribution in [0.4, 0.5) is 0 Å². The molecule has 2 amide bonds. The van der Waals surface area contributed by atoms with Gasteiger partial charge in [0.1, 0.15) is 0 Å². The van der Waals surface area contributed by atoms with E-state index in [9.17, 15) is 9.59 Å². The fourth-order valence-corrected chi connectivity index (χ4v) is 1.53. The van der Waals surface area contributed by atoms with Crippen LogP contribution >= 0.6 is 0 Å². The van der Waals surface area contributed by atoms with Crippen molar-refractivity contribution in [3.63, 3.8) is 0 Å². The van der Waals surface area contributed by atoms with Crippen molar-refractivity contribution in [3.8, 4) is 0 Å². The molecule has 0 aromatic carbocycles. The Bertz CT molecular complexity index is 283. The molecule has 0 aromatic rings. The molecule has 0 spiro atoms. The van der Waals surface area contributed by atoms with E-state index >= 15 is 0 Å². The van der Waals surface area contributed by atoms with Gasteiger partial charge in [0.2, 0.25) is 11.8 Å². The van der Waals surface area contributed by atoms with Crippen LogP contribution < -0.4 is 0 Å². The molecule has 1 aliphatic rings. The number of likely N-dealkylation sites (N-methyl/N-ethyl adjacent to an activating group) is 1. The Morgan fingerprint density at radius 1 is 1.41 bits per heavy atom. The molecule has 0 aliphatic carbocycles. The topological polar surface area (TPSA) is 40.6 Å². The van der Waals surface area contributed by atoms with Crippen molar-refractivity contribution < 1.29 is 9.59 Å². The van der Waals surface area contributed by atoms with E-state index in [-0.39, 0.29) is 11.8 Å². The van der Waals surface area contributed by atoms with E-state index in [1.54, 1.807) is 16.0 Å². The van der Waals surface area contributed by atoms with Gasteiger partial charge in [-0.15, -0.1) is 0 Å². The molecular formula is C13H22N2O2. The summed E-state index contributed by atoms with van der Waals surface area (Å²) in [4.78, 5) is 24.8. The summed E-state index contributed by atoms with van der Waals surface area (Å²) in [5, 5.41) is 0. The average molecular weight is 238 g/mol. The molecule has 4 heteroatoms. The summed E-state index contributed by atoms with van der Waals surface area (Å²) in [5.41, 5.74) is 0. The van der Waals surface area contributed by atoms with Crippen LogP contribution in [0, 0.1) is 0 Å². The first-order chi connectivity index (χ1) is 8.10. The fourth-order valence-electron chi connectivity index (χ4n) is 1.53. The first-order valence-electron chi connectivity index (χ1n) is 5.94. The lowest BCUT2D eigenvalue weighted by molar-refractivity contribution is -0.126. The summed E-state index contributed by atoms with van der Waals surface area (Å²) in [7, 11) is 0. The number of likely N-dealkylation sites (tertiary alicyclic amines) is 1. The van der Waals surface area contributed by atoms with Crippen LogP contribution in [0.1, 0.15) is 26.7 Å². The molecular weight excluding hydrogens is 216 g/mol. The zero-order valence-electron chi connectivity index (χ0n) is 10.8. The maximum Gasteiger partial charge on any atom is 0.245 e. The predicted octanol–water partition coefficient (Wildman–Crippen LogP) is 1.79. The maximum atomic E-state index is 10.8. The number of carbonyl (C=O) groups excluding carboxylic acids is 2. The summed E-state index contributed by atoms with van der Waals surface area (Å²) in [6, 6.07) is 0. The lowest BCUT2D eigenvalue weighted by Crippen LogP contribution is -2.28. The molecule has 1 rings (SSSR count). The molecule has 0 radical (unpaired) electrons. The predicted molar refractivity (Wildman–Crippen MR) is 69.3 cm³/mol. The third kappa shape index (κ3) is 5.33. The van der Waals surface area contributed by atoms with Crippen molar-refractivity contribution in [2.75, 3.05) is 19.6 Å². The Balaban J connectivity index is 0.000000302. The van der Waals surface area contributed by atoms with E-state index in [2.05, 4.69) is 13.2 Å². The Morgan fingerprint density at radius 3 is 2.18 bits per heavy atom. The van der Waals surface area contributed by atoms with Gasteiger partial charge in [0.25, 0.3) is 0 Å². The number of hydrogen-bond acceptors (Lipinski definition) is 2. The molecule has 1 aliphatic heterocycles. The second-order valence-electron chi connectivity index (χ2n) is 3.59. The van der Waals surface area contributed by atoms with Crippen molar-refractivity contribution >= 4 is 11.8 Å². The van der Waals surface area contributed by atoms with E-state index in [1.807, 2.05) is 13.8 Å². The Hall–Kier alpha value is -1.58. The molecule has 17 heavy (non-hydrogen) atoms. The van der Waals surface area contributed by atoms with Crippen molar-refractivity contribution in [2.24, 2.45) is 0 Å². The number of nitrogens with zero attached hydrogens (tertiary/aromatic N) is 2. The lowest BCUT2D eigenvalue weighted by Gasteiger charge is -2.15. The summed E-state index contributed by atoms with van der Waals surface area (Å²) in [6.45, 7) is 13.2. The monoisotopic (exact) mass is 238 g/mol. The Morgan fingerprint density at radius 2 is 2.00 bits per heavy atom. The van der Waals surface area contributed by atoms with Gasteiger partial charge in [0.05, 0.1) is 0 Å². The van der Waals surface area contributed by atoms with E-state index < -0.39 is 0 Å². The second-order valence-corrected chi connectivity index (χ2v) is 3.59. The highest BCUT2D eigenvalue weighted by Crippen LogP contribution is 2.08. The quantitative estimate of drug-likeness (QED) is 0.701. The Kier molecular flexibility index (Phi) is 7.76. The summed E-state index contributed by atoms with van der Waals surface area (Å²) < 4.78 is 0. The highest BCUT2D eigenvalue weighted by molar-refractivity contribution is 5.86. The summed E-state index contributed by atoms with van der Waals surface area (Å²) >= 11 is 0. The van der Waals surface area contributed by atoms with Gasteiger partial charge in [-0.25, -0.2) is 0 Å². The molecule has 4 nitrogen and oxygen atoms in total. The second kappa shape index (κ2) is 8.56. The van der Waals surface area contributed by atoms with Crippen LogP contribution in [-0.4, -0.2) is 41.2 Å². The lowest BCUT2D eigenvalue weighted by atomic mass is 10.4. The molecule has 1 heterocycles. The zero-order chi connectivity index (χ0) is 13.3. The van der Waals surface area contributed by atoms with Gasteiger partial charge in [0, 0.05) is 26.1 Å². The van der Waals surface area contributed by atoms with Crippen LogP contribution in [0.15, 0.2) is 25.4 Å². The van der Waals surface area contributed by atoms with Gasteiger partial charge in [-0.05, 0) is 32.5 Å². The standard InChI is InChI=1S/C7H13NO.C6H9NO/c1-4-7(9)8(5-2)6-3;1-2-7-5-3-4-6(7)8/h4H,1,5-6H2,2-3H3;2H,1,3-5H2. The van der Waals surface area contributed by atoms with Gasteiger partial charge >= 0.3 is 0 Å². The van der Waals surface area contributed by atoms with Crippen molar-refractivity contribution in [2.45, 2.75) is 26.7 Å². The molecule has 0 bridgehead atoms. The minimum Gasteiger partial charge on any atom is -0.340 e. The summed E-state index contributed by atoms with van der Waals surface area (Å²) in [5.74, 6) is 0.222. The minimum atomic E-state index is 0.0139. The third-order valence-electron chi connectivity index (χ3n) is 2.58. The highest BCUT2D eigenvalue weighted by atomic mass is 16.2. The van der Waals surface area contributed by atoms with Gasteiger partial charge in [-0.1, -0.05) is 13.2 Å². The fraction of sp³-hybridized carbons (Fsp3) is 0.538. The minimum absolute atomic E-state index is 0.0139.